The van der Waals surface area contributed by atoms with Crippen LogP contribution in [-0.4, -0.2) is 42.4 Å². The van der Waals surface area contributed by atoms with Gasteiger partial charge in [0.05, 0.1) is 18.7 Å². The molecule has 1 aromatic rings. The number of benzene rings is 1. The van der Waals surface area contributed by atoms with E-state index in [1.807, 2.05) is 0 Å². The summed E-state index contributed by atoms with van der Waals surface area (Å²) in [5.74, 6) is -1.94. The summed E-state index contributed by atoms with van der Waals surface area (Å²) < 4.78 is 5.33. The summed E-state index contributed by atoms with van der Waals surface area (Å²) in [4.78, 5) is 50.3. The molecule has 0 aromatic heterocycles. The van der Waals surface area contributed by atoms with Gasteiger partial charge in [-0.15, -0.1) is 0 Å². The number of allylic oxidation sites excluding steroid dienone is 1. The normalized spacial score (nSPS) is 16.7. The van der Waals surface area contributed by atoms with Gasteiger partial charge in [-0.2, -0.15) is 0 Å². The predicted molar refractivity (Wildman–Crippen MR) is 100 cm³/mol. The monoisotopic (exact) mass is 437 g/mol. The minimum atomic E-state index is -0.962. The van der Waals surface area contributed by atoms with Crippen molar-refractivity contribution in [3.63, 3.8) is 0 Å². The molecule has 1 aliphatic rings. The first kappa shape index (κ1) is 20.6. The summed E-state index contributed by atoms with van der Waals surface area (Å²) in [5.41, 5.74) is 1.14. The van der Waals surface area contributed by atoms with Gasteiger partial charge < -0.3 is 15.4 Å². The highest BCUT2D eigenvalue weighted by molar-refractivity contribution is 9.10. The van der Waals surface area contributed by atoms with Crippen molar-refractivity contribution in [3.05, 3.63) is 45.6 Å². The number of ether oxygens (including phenoxy) is 1. The molecule has 0 fully saturated rings. The van der Waals surface area contributed by atoms with Gasteiger partial charge in [-0.1, -0.05) is 28.1 Å². The molecule has 27 heavy (non-hydrogen) atoms. The molecule has 9 heteroatoms. The summed E-state index contributed by atoms with van der Waals surface area (Å²) in [5, 5.41) is 5.22. The van der Waals surface area contributed by atoms with Crippen LogP contribution in [0.5, 0.6) is 0 Å². The predicted octanol–water partition coefficient (Wildman–Crippen LogP) is 2.02. The Labute approximate surface area is 165 Å². The highest BCUT2D eigenvalue weighted by atomic mass is 79.9. The Kier molecular flexibility index (Phi) is 6.73. The standard InChI is InChI=1S/C18H20BrN3O5/c1-4-20-17(25)15-10(2)21-18(26)22(13(23)9-14(24)27-3)16(15)11-5-7-12(19)8-6-11/h5-8,16H,4,9H2,1-3H3,(H,20,25)(H,21,26). The number of amides is 4. The molecule has 1 atom stereocenters. The zero-order chi connectivity index (χ0) is 20.1. The van der Waals surface area contributed by atoms with E-state index in [0.29, 0.717) is 17.8 Å². The number of methoxy groups -OCH3 is 1. The van der Waals surface area contributed by atoms with E-state index in [4.69, 9.17) is 0 Å². The molecule has 1 aromatic carbocycles. The summed E-state index contributed by atoms with van der Waals surface area (Å²) in [6.07, 6.45) is -0.612. The smallest absolute Gasteiger partial charge is 0.329 e. The summed E-state index contributed by atoms with van der Waals surface area (Å²) >= 11 is 3.34. The van der Waals surface area contributed by atoms with Crippen molar-refractivity contribution in [2.45, 2.75) is 26.3 Å². The lowest BCUT2D eigenvalue weighted by Gasteiger charge is -2.36. The van der Waals surface area contributed by atoms with E-state index in [1.54, 1.807) is 38.1 Å². The second-order valence-corrected chi connectivity index (χ2v) is 6.71. The Morgan fingerprint density at radius 1 is 1.26 bits per heavy atom. The number of rotatable bonds is 5. The van der Waals surface area contributed by atoms with Crippen molar-refractivity contribution in [1.82, 2.24) is 15.5 Å². The number of halogens is 1. The third-order valence-electron chi connectivity index (χ3n) is 4.01. The number of likely N-dealkylation sites (N-methyl/N-ethyl adjacent to an activating group) is 1. The number of imide groups is 1. The fraction of sp³-hybridized carbons (Fsp3) is 0.333. The Morgan fingerprint density at radius 3 is 2.44 bits per heavy atom. The molecular formula is C18H20BrN3O5. The lowest BCUT2D eigenvalue weighted by molar-refractivity contribution is -0.146. The number of carbonyl (C=O) groups is 4. The van der Waals surface area contributed by atoms with E-state index in [-0.39, 0.29) is 5.57 Å². The highest BCUT2D eigenvalue weighted by Crippen LogP contribution is 2.34. The molecule has 4 amide bonds. The zero-order valence-corrected chi connectivity index (χ0v) is 16.8. The maximum atomic E-state index is 12.7. The average molecular weight is 438 g/mol. The van der Waals surface area contributed by atoms with Crippen molar-refractivity contribution in [1.29, 1.82) is 0 Å². The van der Waals surface area contributed by atoms with Crippen molar-refractivity contribution in [3.8, 4) is 0 Å². The van der Waals surface area contributed by atoms with Crippen molar-refractivity contribution < 1.29 is 23.9 Å². The zero-order valence-electron chi connectivity index (χ0n) is 15.2. The minimum absolute atomic E-state index is 0.233. The first-order valence-corrected chi connectivity index (χ1v) is 9.03. The van der Waals surface area contributed by atoms with Crippen molar-refractivity contribution in [2.75, 3.05) is 13.7 Å². The third-order valence-corrected chi connectivity index (χ3v) is 4.54. The van der Waals surface area contributed by atoms with Crippen LogP contribution in [-0.2, 0) is 19.1 Å². The van der Waals surface area contributed by atoms with E-state index in [9.17, 15) is 19.2 Å². The molecule has 2 N–H and O–H groups in total. The van der Waals surface area contributed by atoms with Gasteiger partial charge in [0.25, 0.3) is 5.91 Å². The SMILES string of the molecule is CCNC(=O)C1=C(C)NC(=O)N(C(=O)CC(=O)OC)C1c1ccc(Br)cc1. The van der Waals surface area contributed by atoms with E-state index in [1.165, 1.54) is 0 Å². The van der Waals surface area contributed by atoms with E-state index < -0.39 is 36.3 Å². The van der Waals surface area contributed by atoms with Gasteiger partial charge in [-0.05, 0) is 31.5 Å². The number of carbonyl (C=O) groups excluding carboxylic acids is 4. The lowest BCUT2D eigenvalue weighted by Crippen LogP contribution is -2.52. The van der Waals surface area contributed by atoms with E-state index in [0.717, 1.165) is 16.5 Å². The van der Waals surface area contributed by atoms with Crippen LogP contribution in [0.25, 0.3) is 0 Å². The molecule has 0 radical (unpaired) electrons. The molecule has 0 saturated heterocycles. The van der Waals surface area contributed by atoms with Gasteiger partial charge in [0.2, 0.25) is 5.91 Å². The second kappa shape index (κ2) is 8.81. The van der Waals surface area contributed by atoms with Crippen molar-refractivity contribution in [2.24, 2.45) is 0 Å². The number of urea groups is 1. The van der Waals surface area contributed by atoms with Crippen molar-refractivity contribution >= 4 is 39.7 Å². The fourth-order valence-electron chi connectivity index (χ4n) is 2.79. The molecule has 2 rings (SSSR count). The van der Waals surface area contributed by atoms with Crippen LogP contribution in [0.15, 0.2) is 40.0 Å². The number of esters is 1. The maximum Gasteiger partial charge on any atom is 0.329 e. The second-order valence-electron chi connectivity index (χ2n) is 5.80. The molecule has 0 spiro atoms. The summed E-state index contributed by atoms with van der Waals surface area (Å²) in [7, 11) is 1.16. The molecular weight excluding hydrogens is 418 g/mol. The molecule has 1 heterocycles. The number of hydrogen-bond donors (Lipinski definition) is 2. The first-order valence-electron chi connectivity index (χ1n) is 8.24. The van der Waals surface area contributed by atoms with E-state index in [2.05, 4.69) is 31.3 Å². The largest absolute Gasteiger partial charge is 0.469 e. The van der Waals surface area contributed by atoms with Crippen LogP contribution in [0.1, 0.15) is 31.9 Å². The molecule has 1 aliphatic heterocycles. The van der Waals surface area contributed by atoms with Gasteiger partial charge in [0, 0.05) is 16.7 Å². The average Bonchev–Trinajstić information content (AvgIpc) is 2.61. The van der Waals surface area contributed by atoms with Gasteiger partial charge in [-0.25, -0.2) is 4.79 Å². The van der Waals surface area contributed by atoms with Crippen LogP contribution in [0.4, 0.5) is 4.79 Å². The summed E-state index contributed by atoms with van der Waals surface area (Å²) in [6.45, 7) is 3.74. The molecule has 8 nitrogen and oxygen atoms in total. The molecule has 0 aliphatic carbocycles. The van der Waals surface area contributed by atoms with Crippen LogP contribution >= 0.6 is 15.9 Å². The highest BCUT2D eigenvalue weighted by Gasteiger charge is 2.41. The van der Waals surface area contributed by atoms with E-state index >= 15 is 0 Å². The maximum absolute atomic E-state index is 12.7. The van der Waals surface area contributed by atoms with Crippen LogP contribution in [0, 0.1) is 0 Å². The minimum Gasteiger partial charge on any atom is -0.469 e. The number of nitrogens with zero attached hydrogens (tertiary/aromatic N) is 1. The Morgan fingerprint density at radius 2 is 1.89 bits per heavy atom. The fourth-order valence-corrected chi connectivity index (χ4v) is 3.05. The third kappa shape index (κ3) is 4.54. The van der Waals surface area contributed by atoms with Crippen LogP contribution in [0.2, 0.25) is 0 Å². The molecule has 1 unspecified atom stereocenters. The topological polar surface area (TPSA) is 105 Å². The Hall–Kier alpha value is -2.68. The van der Waals surface area contributed by atoms with Crippen LogP contribution < -0.4 is 10.6 Å². The Bertz CT molecular complexity index is 804. The molecule has 0 bridgehead atoms. The molecule has 144 valence electrons. The first-order chi connectivity index (χ1) is 12.8. The Balaban J connectivity index is 2.57. The lowest BCUT2D eigenvalue weighted by atomic mass is 9.93. The van der Waals surface area contributed by atoms with Crippen LogP contribution in [0.3, 0.4) is 0 Å². The van der Waals surface area contributed by atoms with Gasteiger partial charge in [0.1, 0.15) is 6.42 Å². The van der Waals surface area contributed by atoms with Gasteiger partial charge >= 0.3 is 12.0 Å². The summed E-state index contributed by atoms with van der Waals surface area (Å²) in [6, 6.07) is 5.24. The quantitative estimate of drug-likeness (QED) is 0.541. The molecule has 0 saturated carbocycles. The number of hydrogen-bond acceptors (Lipinski definition) is 5. The number of nitrogens with one attached hydrogen (secondary N) is 2. The van der Waals surface area contributed by atoms with Gasteiger partial charge in [0.15, 0.2) is 0 Å². The van der Waals surface area contributed by atoms with Gasteiger partial charge in [-0.3, -0.25) is 19.3 Å².